The van der Waals surface area contributed by atoms with Crippen LogP contribution in [0.1, 0.15) is 50.1 Å². The summed E-state index contributed by atoms with van der Waals surface area (Å²) in [6.45, 7) is 6.40. The molecule has 144 valence electrons. The van der Waals surface area contributed by atoms with Crippen molar-refractivity contribution in [1.29, 1.82) is 0 Å². The van der Waals surface area contributed by atoms with Crippen LogP contribution < -0.4 is 12.5 Å². The van der Waals surface area contributed by atoms with Crippen LogP contribution in [0.5, 0.6) is 0 Å². The first-order valence-electron chi connectivity index (χ1n) is 9.30. The number of nitrogens with zero attached hydrogens (tertiary/aromatic N) is 5. The van der Waals surface area contributed by atoms with Crippen molar-refractivity contribution in [3.63, 3.8) is 0 Å². The summed E-state index contributed by atoms with van der Waals surface area (Å²) in [7, 11) is 1.75. The third-order valence-corrected chi connectivity index (χ3v) is 9.16. The SMILES string of the molecule is CCCC(N)=C(C=NC)c1cnc2cc[c]([Sn][c]3nnc(C(C)C)s3)nc2c1. The molecule has 0 saturated carbocycles. The van der Waals surface area contributed by atoms with E-state index in [0.717, 1.165) is 52.4 Å². The monoisotopic (exact) mass is 500 g/mol. The van der Waals surface area contributed by atoms with Crippen LogP contribution in [0.25, 0.3) is 16.6 Å². The number of fused-ring (bicyclic) bond motifs is 1. The molecule has 0 amide bonds. The number of nitrogens with two attached hydrogens (primary N) is 1. The molecule has 0 spiro atoms. The minimum absolute atomic E-state index is 0.418. The molecular weight excluding hydrogens is 475 g/mol. The van der Waals surface area contributed by atoms with E-state index in [-0.39, 0.29) is 0 Å². The summed E-state index contributed by atoms with van der Waals surface area (Å²) in [5.41, 5.74) is 10.8. The van der Waals surface area contributed by atoms with Crippen LogP contribution in [0.3, 0.4) is 0 Å². The second-order valence-corrected chi connectivity index (χ2v) is 12.3. The number of aliphatic imine (C=N–C) groups is 1. The molecule has 3 heterocycles. The number of hydrogen-bond acceptors (Lipinski definition) is 7. The summed E-state index contributed by atoms with van der Waals surface area (Å²) in [6, 6.07) is 6.18. The predicted octanol–water partition coefficient (Wildman–Crippen LogP) is 2.43. The van der Waals surface area contributed by atoms with Crippen LogP contribution in [0.15, 0.2) is 35.1 Å². The molecule has 3 aromatic rings. The van der Waals surface area contributed by atoms with Gasteiger partial charge in [-0.2, -0.15) is 0 Å². The van der Waals surface area contributed by atoms with Crippen molar-refractivity contribution in [3.8, 4) is 0 Å². The molecule has 28 heavy (non-hydrogen) atoms. The molecule has 2 radical (unpaired) electrons. The van der Waals surface area contributed by atoms with E-state index in [0.29, 0.717) is 5.92 Å². The van der Waals surface area contributed by atoms with Gasteiger partial charge in [-0.25, -0.2) is 0 Å². The number of rotatable bonds is 7. The molecule has 3 aromatic heterocycles. The Bertz CT molecular complexity index is 1020. The number of pyridine rings is 2. The van der Waals surface area contributed by atoms with E-state index in [9.17, 15) is 0 Å². The normalized spacial score (nSPS) is 12.9. The van der Waals surface area contributed by atoms with Crippen molar-refractivity contribution >= 4 is 62.0 Å². The van der Waals surface area contributed by atoms with Gasteiger partial charge in [0.15, 0.2) is 0 Å². The zero-order chi connectivity index (χ0) is 20.1. The third kappa shape index (κ3) is 4.94. The fourth-order valence-corrected chi connectivity index (χ4v) is 7.30. The molecule has 6 nitrogen and oxygen atoms in total. The standard InChI is InChI=1S/C15H17N4.C5H7N2S.Sn/c1-3-5-13(16)12(10-17-2)11-8-15-14(19-9-11)6-4-7-18-15;1-4(2)5-7-6-3-8-5;/h4,6,8-10H,3,5,16H2,1-2H3;4H,1-2H3;. The van der Waals surface area contributed by atoms with Gasteiger partial charge in [0, 0.05) is 0 Å². The van der Waals surface area contributed by atoms with Crippen LogP contribution in [0.2, 0.25) is 0 Å². The molecule has 0 aliphatic rings. The van der Waals surface area contributed by atoms with Crippen molar-refractivity contribution in [2.75, 3.05) is 7.05 Å². The van der Waals surface area contributed by atoms with Gasteiger partial charge < -0.3 is 0 Å². The van der Waals surface area contributed by atoms with E-state index in [1.807, 2.05) is 18.5 Å². The summed E-state index contributed by atoms with van der Waals surface area (Å²) in [5.74, 6) is 0.418. The molecule has 0 bridgehead atoms. The molecule has 2 N–H and O–H groups in total. The van der Waals surface area contributed by atoms with Gasteiger partial charge in [0.1, 0.15) is 0 Å². The van der Waals surface area contributed by atoms with Gasteiger partial charge in [0.2, 0.25) is 0 Å². The molecule has 0 atom stereocenters. The van der Waals surface area contributed by atoms with Crippen molar-refractivity contribution in [2.45, 2.75) is 39.5 Å². The summed E-state index contributed by atoms with van der Waals surface area (Å²) in [4.78, 5) is 13.6. The van der Waals surface area contributed by atoms with Crippen LogP contribution in [0.4, 0.5) is 0 Å². The van der Waals surface area contributed by atoms with Gasteiger partial charge in [-0.15, -0.1) is 0 Å². The first kappa shape index (κ1) is 20.9. The fourth-order valence-electron chi connectivity index (χ4n) is 2.73. The first-order chi connectivity index (χ1) is 13.5. The Hall–Kier alpha value is -1.87. The van der Waals surface area contributed by atoms with E-state index < -0.39 is 21.1 Å². The maximum atomic E-state index is 6.28. The van der Waals surface area contributed by atoms with Crippen LogP contribution in [0, 0.1) is 0 Å². The summed E-state index contributed by atoms with van der Waals surface area (Å²) in [6.07, 6.45) is 5.48. The zero-order valence-electron chi connectivity index (χ0n) is 16.6. The number of hydrogen-bond donors (Lipinski definition) is 1. The summed E-state index contributed by atoms with van der Waals surface area (Å²) >= 11 is 0.647. The second-order valence-electron chi connectivity index (χ2n) is 6.76. The Morgan fingerprint density at radius 3 is 2.79 bits per heavy atom. The van der Waals surface area contributed by atoms with Crippen molar-refractivity contribution in [1.82, 2.24) is 20.2 Å². The Kier molecular flexibility index (Phi) is 7.12. The van der Waals surface area contributed by atoms with Crippen LogP contribution >= 0.6 is 11.3 Å². The van der Waals surface area contributed by atoms with E-state index in [1.54, 1.807) is 18.4 Å². The van der Waals surface area contributed by atoms with E-state index >= 15 is 0 Å². The van der Waals surface area contributed by atoms with E-state index in [1.165, 1.54) is 0 Å². The second kappa shape index (κ2) is 9.56. The fraction of sp³-hybridized carbons (Fsp3) is 0.350. The molecule has 0 aliphatic carbocycles. The third-order valence-electron chi connectivity index (χ3n) is 4.14. The Morgan fingerprint density at radius 2 is 2.11 bits per heavy atom. The van der Waals surface area contributed by atoms with E-state index in [4.69, 9.17) is 10.7 Å². The molecule has 0 fully saturated rings. The van der Waals surface area contributed by atoms with Crippen molar-refractivity contribution < 1.29 is 0 Å². The number of aromatic nitrogens is 4. The van der Waals surface area contributed by atoms with Gasteiger partial charge in [-0.3, -0.25) is 0 Å². The Labute approximate surface area is 179 Å². The molecule has 3 rings (SSSR count). The maximum absolute atomic E-state index is 6.28. The molecule has 0 saturated heterocycles. The molecular formula is C20H24N6SSn. The van der Waals surface area contributed by atoms with Gasteiger partial charge in [0.25, 0.3) is 0 Å². The summed E-state index contributed by atoms with van der Waals surface area (Å²) < 4.78 is 2.27. The zero-order valence-corrected chi connectivity index (χ0v) is 20.3. The van der Waals surface area contributed by atoms with Gasteiger partial charge in [-0.05, 0) is 0 Å². The quantitative estimate of drug-likeness (QED) is 0.399. The van der Waals surface area contributed by atoms with Gasteiger partial charge in [0.05, 0.1) is 0 Å². The average molecular weight is 499 g/mol. The summed E-state index contributed by atoms with van der Waals surface area (Å²) in [5, 5.41) is 9.78. The van der Waals surface area contributed by atoms with Crippen LogP contribution in [-0.4, -0.2) is 54.6 Å². The molecule has 0 aromatic carbocycles. The van der Waals surface area contributed by atoms with Crippen LogP contribution in [-0.2, 0) is 0 Å². The topological polar surface area (TPSA) is 89.9 Å². The minimum atomic E-state index is -1.07. The van der Waals surface area contributed by atoms with E-state index in [2.05, 4.69) is 53.1 Å². The van der Waals surface area contributed by atoms with Crippen molar-refractivity contribution in [2.24, 2.45) is 10.7 Å². The Balaban J connectivity index is 1.95. The Morgan fingerprint density at radius 1 is 1.29 bits per heavy atom. The van der Waals surface area contributed by atoms with Crippen molar-refractivity contribution in [3.05, 3.63) is 40.7 Å². The molecule has 0 aliphatic heterocycles. The van der Waals surface area contributed by atoms with Gasteiger partial charge >= 0.3 is 180 Å². The predicted molar refractivity (Wildman–Crippen MR) is 119 cm³/mol. The van der Waals surface area contributed by atoms with Gasteiger partial charge in [-0.1, -0.05) is 0 Å². The average Bonchev–Trinajstić information content (AvgIpc) is 3.14. The molecule has 0 unspecified atom stereocenters. The number of allylic oxidation sites excluding steroid dienone is 2. The first-order valence-corrected chi connectivity index (χ1v) is 13.0. The molecule has 8 heteroatoms.